The van der Waals surface area contributed by atoms with Gasteiger partial charge in [-0.15, -0.1) is 13.2 Å². The van der Waals surface area contributed by atoms with E-state index in [1.807, 2.05) is 6.08 Å². The van der Waals surface area contributed by atoms with E-state index in [-0.39, 0.29) is 0 Å². The van der Waals surface area contributed by atoms with E-state index >= 15 is 0 Å². The molecule has 0 aliphatic carbocycles. The molecular weight excluding hydrogens is 204 g/mol. The molecule has 0 N–H and O–H groups in total. The summed E-state index contributed by atoms with van der Waals surface area (Å²) < 4.78 is 0. The van der Waals surface area contributed by atoms with E-state index in [9.17, 15) is 0 Å². The second-order valence-electron chi connectivity index (χ2n) is 4.63. The molecule has 0 radical (unpaired) electrons. The summed E-state index contributed by atoms with van der Waals surface area (Å²) in [6, 6.07) is 10.8. The van der Waals surface area contributed by atoms with Gasteiger partial charge in [0.25, 0.3) is 0 Å². The van der Waals surface area contributed by atoms with E-state index in [4.69, 9.17) is 0 Å². The van der Waals surface area contributed by atoms with Gasteiger partial charge in [0, 0.05) is 0 Å². The molecule has 0 aliphatic heterocycles. The fourth-order valence-corrected chi connectivity index (χ4v) is 2.18. The Morgan fingerprint density at radius 3 is 2.41 bits per heavy atom. The fourth-order valence-electron chi connectivity index (χ4n) is 2.18. The molecule has 0 bridgehead atoms. The van der Waals surface area contributed by atoms with Gasteiger partial charge in [-0.2, -0.15) is 0 Å². The van der Waals surface area contributed by atoms with Crippen LogP contribution >= 0.6 is 0 Å². The van der Waals surface area contributed by atoms with Crippen LogP contribution in [0.25, 0.3) is 0 Å². The fraction of sp³-hybridized carbons (Fsp3) is 0.412. The van der Waals surface area contributed by atoms with Gasteiger partial charge in [-0.25, -0.2) is 0 Å². The number of aryl methyl sites for hydroxylation is 1. The first kappa shape index (κ1) is 13.8. The minimum Gasteiger partial charge on any atom is -0.103 e. The molecule has 0 saturated heterocycles. The Labute approximate surface area is 106 Å². The maximum absolute atomic E-state index is 3.86. The maximum atomic E-state index is 3.86. The van der Waals surface area contributed by atoms with Gasteiger partial charge in [0.1, 0.15) is 0 Å². The van der Waals surface area contributed by atoms with Crippen LogP contribution in [-0.2, 0) is 6.42 Å². The van der Waals surface area contributed by atoms with Crippen molar-refractivity contribution >= 4 is 0 Å². The van der Waals surface area contributed by atoms with Crippen molar-refractivity contribution in [3.63, 3.8) is 0 Å². The van der Waals surface area contributed by atoms with Gasteiger partial charge < -0.3 is 0 Å². The van der Waals surface area contributed by atoms with E-state index in [0.717, 1.165) is 18.8 Å². The molecule has 17 heavy (non-hydrogen) atoms. The average molecular weight is 228 g/mol. The predicted molar refractivity (Wildman–Crippen MR) is 77.1 cm³/mol. The molecule has 0 nitrogen and oxygen atoms in total. The van der Waals surface area contributed by atoms with E-state index in [0.29, 0.717) is 0 Å². The minimum absolute atomic E-state index is 0.785. The van der Waals surface area contributed by atoms with Crippen LogP contribution in [0.5, 0.6) is 0 Å². The van der Waals surface area contributed by atoms with Gasteiger partial charge in [-0.1, -0.05) is 42.5 Å². The second-order valence-corrected chi connectivity index (χ2v) is 4.63. The van der Waals surface area contributed by atoms with Crippen molar-refractivity contribution in [2.45, 2.75) is 38.5 Å². The number of unbranched alkanes of at least 4 members (excludes halogenated alkanes) is 1. The quantitative estimate of drug-likeness (QED) is 0.404. The predicted octanol–water partition coefficient (Wildman–Crippen LogP) is 5.17. The Hall–Kier alpha value is -1.30. The molecule has 0 spiro atoms. The summed E-state index contributed by atoms with van der Waals surface area (Å²) in [7, 11) is 0. The zero-order valence-electron chi connectivity index (χ0n) is 10.8. The Morgan fingerprint density at radius 1 is 1.00 bits per heavy atom. The molecule has 1 aromatic rings. The summed E-state index contributed by atoms with van der Waals surface area (Å²) >= 11 is 0. The molecule has 0 heteroatoms. The first-order valence-corrected chi connectivity index (χ1v) is 6.62. The van der Waals surface area contributed by atoms with Crippen molar-refractivity contribution in [1.29, 1.82) is 0 Å². The standard InChI is InChI=1S/C17H24/c1-3-5-7-11-16(10-4-2)14-15-17-12-8-6-9-13-17/h3-4,6,8-9,12-13,16H,1-2,5,7,10-11,14-15H2. The topological polar surface area (TPSA) is 0 Å². The molecule has 0 aliphatic rings. The highest BCUT2D eigenvalue weighted by Crippen LogP contribution is 2.20. The molecule has 0 fully saturated rings. The number of allylic oxidation sites excluding steroid dienone is 2. The second kappa shape index (κ2) is 8.81. The lowest BCUT2D eigenvalue weighted by Crippen LogP contribution is -2.01. The Bertz CT molecular complexity index is 310. The summed E-state index contributed by atoms with van der Waals surface area (Å²) in [5.74, 6) is 0.785. The Morgan fingerprint density at radius 2 is 1.76 bits per heavy atom. The van der Waals surface area contributed by atoms with Crippen LogP contribution < -0.4 is 0 Å². The third-order valence-corrected chi connectivity index (χ3v) is 3.20. The van der Waals surface area contributed by atoms with Gasteiger partial charge in [0.2, 0.25) is 0 Å². The summed E-state index contributed by atoms with van der Waals surface area (Å²) in [5, 5.41) is 0. The zero-order valence-corrected chi connectivity index (χ0v) is 10.8. The van der Waals surface area contributed by atoms with E-state index in [2.05, 4.69) is 49.6 Å². The van der Waals surface area contributed by atoms with Crippen molar-refractivity contribution in [3.05, 3.63) is 61.2 Å². The molecule has 0 heterocycles. The Balaban J connectivity index is 2.33. The van der Waals surface area contributed by atoms with Gasteiger partial charge >= 0.3 is 0 Å². The Kier molecular flexibility index (Phi) is 7.13. The highest BCUT2D eigenvalue weighted by molar-refractivity contribution is 5.14. The first-order valence-electron chi connectivity index (χ1n) is 6.62. The zero-order chi connectivity index (χ0) is 12.3. The van der Waals surface area contributed by atoms with Crippen molar-refractivity contribution in [2.24, 2.45) is 5.92 Å². The van der Waals surface area contributed by atoms with Crippen LogP contribution in [0.15, 0.2) is 55.6 Å². The van der Waals surface area contributed by atoms with Gasteiger partial charge in [0.15, 0.2) is 0 Å². The van der Waals surface area contributed by atoms with Crippen LogP contribution in [0.2, 0.25) is 0 Å². The third-order valence-electron chi connectivity index (χ3n) is 3.20. The van der Waals surface area contributed by atoms with Crippen molar-refractivity contribution in [1.82, 2.24) is 0 Å². The summed E-state index contributed by atoms with van der Waals surface area (Å²) in [5.41, 5.74) is 1.45. The summed E-state index contributed by atoms with van der Waals surface area (Å²) in [6.45, 7) is 7.64. The van der Waals surface area contributed by atoms with Crippen LogP contribution in [0.4, 0.5) is 0 Å². The van der Waals surface area contributed by atoms with Gasteiger partial charge in [0.05, 0.1) is 0 Å². The van der Waals surface area contributed by atoms with Crippen LogP contribution in [0, 0.1) is 5.92 Å². The monoisotopic (exact) mass is 228 g/mol. The molecule has 0 aromatic heterocycles. The van der Waals surface area contributed by atoms with E-state index in [1.54, 1.807) is 0 Å². The SMILES string of the molecule is C=CCCCC(CC=C)CCc1ccccc1. The molecule has 1 unspecified atom stereocenters. The summed E-state index contributed by atoms with van der Waals surface area (Å²) in [4.78, 5) is 0. The average Bonchev–Trinajstić information content (AvgIpc) is 2.37. The van der Waals surface area contributed by atoms with E-state index < -0.39 is 0 Å². The third kappa shape index (κ3) is 6.11. The highest BCUT2D eigenvalue weighted by Gasteiger charge is 2.06. The maximum Gasteiger partial charge on any atom is -0.0276 e. The number of benzene rings is 1. The molecule has 0 saturated carbocycles. The molecule has 0 amide bonds. The molecule has 1 aromatic carbocycles. The highest BCUT2D eigenvalue weighted by atomic mass is 14.1. The lowest BCUT2D eigenvalue weighted by atomic mass is 9.91. The van der Waals surface area contributed by atoms with Crippen molar-refractivity contribution < 1.29 is 0 Å². The number of hydrogen-bond acceptors (Lipinski definition) is 0. The lowest BCUT2D eigenvalue weighted by Gasteiger charge is -2.14. The van der Waals surface area contributed by atoms with Gasteiger partial charge in [-0.05, 0) is 50.0 Å². The van der Waals surface area contributed by atoms with Crippen LogP contribution in [0.3, 0.4) is 0 Å². The van der Waals surface area contributed by atoms with Crippen molar-refractivity contribution in [2.75, 3.05) is 0 Å². The lowest BCUT2D eigenvalue weighted by molar-refractivity contribution is 0.443. The smallest absolute Gasteiger partial charge is 0.0276 e. The first-order chi connectivity index (χ1) is 8.36. The molecular formula is C17H24. The minimum atomic E-state index is 0.785. The summed E-state index contributed by atoms with van der Waals surface area (Å²) in [6.07, 6.45) is 11.4. The molecule has 1 atom stereocenters. The van der Waals surface area contributed by atoms with Gasteiger partial charge in [-0.3, -0.25) is 0 Å². The van der Waals surface area contributed by atoms with Crippen LogP contribution in [-0.4, -0.2) is 0 Å². The molecule has 92 valence electrons. The normalized spacial score (nSPS) is 12.0. The van der Waals surface area contributed by atoms with Crippen molar-refractivity contribution in [3.8, 4) is 0 Å². The number of hydrogen-bond donors (Lipinski definition) is 0. The van der Waals surface area contributed by atoms with Crippen LogP contribution in [0.1, 0.15) is 37.7 Å². The largest absolute Gasteiger partial charge is 0.103 e. The van der Waals surface area contributed by atoms with E-state index in [1.165, 1.54) is 31.2 Å². The number of rotatable bonds is 9. The molecule has 1 rings (SSSR count).